The van der Waals surface area contributed by atoms with E-state index in [4.69, 9.17) is 0 Å². The Kier molecular flexibility index (Phi) is 5.45. The van der Waals surface area contributed by atoms with Crippen LogP contribution in [0.2, 0.25) is 0 Å². The average Bonchev–Trinajstić information content (AvgIpc) is 3.29. The van der Waals surface area contributed by atoms with Crippen molar-refractivity contribution in [3.8, 4) is 11.3 Å². The normalized spacial score (nSPS) is 13.0. The molecule has 1 aromatic carbocycles. The van der Waals surface area contributed by atoms with Crippen molar-refractivity contribution in [1.82, 2.24) is 14.4 Å². The molecule has 0 spiro atoms. The van der Waals surface area contributed by atoms with E-state index in [1.54, 1.807) is 60.2 Å². The molecule has 5 rings (SSSR count). The second-order valence-electron chi connectivity index (χ2n) is 8.10. The lowest BCUT2D eigenvalue weighted by atomic mass is 9.98. The van der Waals surface area contributed by atoms with Gasteiger partial charge in [-0.15, -0.1) is 0 Å². The maximum Gasteiger partial charge on any atom is 0.412 e. The summed E-state index contributed by atoms with van der Waals surface area (Å²) in [7, 11) is 1.28. The first kappa shape index (κ1) is 21.6. The van der Waals surface area contributed by atoms with Crippen LogP contribution in [-0.2, 0) is 11.2 Å². The van der Waals surface area contributed by atoms with Crippen LogP contribution in [0.5, 0.6) is 0 Å². The van der Waals surface area contributed by atoms with Crippen LogP contribution >= 0.6 is 0 Å². The van der Waals surface area contributed by atoms with Crippen molar-refractivity contribution in [2.75, 3.05) is 23.9 Å². The predicted molar refractivity (Wildman–Crippen MR) is 126 cm³/mol. The number of hydrogen-bond donors (Lipinski definition) is 1. The summed E-state index contributed by atoms with van der Waals surface area (Å²) in [5, 5.41) is 2.50. The molecule has 0 radical (unpaired) electrons. The summed E-state index contributed by atoms with van der Waals surface area (Å²) in [5.74, 6) is -0.259. The van der Waals surface area contributed by atoms with E-state index in [0.29, 0.717) is 34.8 Å². The van der Waals surface area contributed by atoms with E-state index in [9.17, 15) is 14.0 Å². The molecule has 0 atom stereocenters. The number of amides is 2. The van der Waals surface area contributed by atoms with Crippen LogP contribution in [0.1, 0.15) is 27.9 Å². The number of halogens is 1. The molecule has 1 aliphatic rings. The highest BCUT2D eigenvalue weighted by Gasteiger charge is 2.28. The van der Waals surface area contributed by atoms with E-state index in [1.807, 2.05) is 6.07 Å². The lowest BCUT2D eigenvalue weighted by Gasteiger charge is -2.30. The van der Waals surface area contributed by atoms with Gasteiger partial charge < -0.3 is 9.64 Å². The van der Waals surface area contributed by atoms with E-state index < -0.39 is 6.09 Å². The van der Waals surface area contributed by atoms with Crippen molar-refractivity contribution >= 4 is 29.2 Å². The van der Waals surface area contributed by atoms with E-state index >= 15 is 0 Å². The fraction of sp³-hybridized carbons (Fsp3) is 0.200. The summed E-state index contributed by atoms with van der Waals surface area (Å²) < 4.78 is 21.4. The highest BCUT2D eigenvalue weighted by atomic mass is 19.1. The molecule has 0 aliphatic carbocycles. The topological polar surface area (TPSA) is 88.8 Å². The largest absolute Gasteiger partial charge is 0.453 e. The smallest absolute Gasteiger partial charge is 0.412 e. The third-order valence-electron chi connectivity index (χ3n) is 5.96. The summed E-state index contributed by atoms with van der Waals surface area (Å²) in [6, 6.07) is 10.6. The summed E-state index contributed by atoms with van der Waals surface area (Å²) in [5.41, 5.74) is 4.30. The molecule has 34 heavy (non-hydrogen) atoms. The number of aromatic nitrogens is 3. The zero-order valence-electron chi connectivity index (χ0n) is 18.7. The molecule has 8 nitrogen and oxygen atoms in total. The summed E-state index contributed by atoms with van der Waals surface area (Å²) in [4.78, 5) is 35.0. The SMILES string of the molecule is COC(=O)Nc1ccc(-c2cnc3ccc(C(=O)N4CCCc5ccc(C)c(F)c54)cn23)cn1. The van der Waals surface area contributed by atoms with Crippen LogP contribution in [0.25, 0.3) is 16.9 Å². The number of ether oxygens (including phenoxy) is 1. The van der Waals surface area contributed by atoms with Crippen molar-refractivity contribution < 1.29 is 18.7 Å². The molecule has 4 heterocycles. The molecule has 0 unspecified atom stereocenters. The van der Waals surface area contributed by atoms with Crippen molar-refractivity contribution in [2.24, 2.45) is 0 Å². The molecular weight excluding hydrogens is 437 g/mol. The predicted octanol–water partition coefficient (Wildman–Crippen LogP) is 4.62. The zero-order valence-corrected chi connectivity index (χ0v) is 18.7. The van der Waals surface area contributed by atoms with Gasteiger partial charge in [0.2, 0.25) is 0 Å². The first-order chi connectivity index (χ1) is 16.5. The molecule has 0 saturated heterocycles. The Morgan fingerprint density at radius 1 is 1.09 bits per heavy atom. The van der Waals surface area contributed by atoms with Gasteiger partial charge in [0.1, 0.15) is 17.3 Å². The number of aryl methyl sites for hydroxylation is 2. The van der Waals surface area contributed by atoms with Gasteiger partial charge >= 0.3 is 6.09 Å². The molecule has 0 fully saturated rings. The Bertz CT molecular complexity index is 1410. The maximum absolute atomic E-state index is 15.0. The number of nitrogens with zero attached hydrogens (tertiary/aromatic N) is 4. The van der Waals surface area contributed by atoms with Crippen LogP contribution in [0.15, 0.2) is 55.0 Å². The van der Waals surface area contributed by atoms with Crippen molar-refractivity contribution in [3.63, 3.8) is 0 Å². The minimum atomic E-state index is -0.607. The zero-order chi connectivity index (χ0) is 23.8. The molecule has 0 saturated carbocycles. The highest BCUT2D eigenvalue weighted by Crippen LogP contribution is 2.33. The lowest BCUT2D eigenvalue weighted by molar-refractivity contribution is 0.0983. The Morgan fingerprint density at radius 3 is 2.71 bits per heavy atom. The highest BCUT2D eigenvalue weighted by molar-refractivity contribution is 6.07. The van der Waals surface area contributed by atoms with Gasteiger partial charge in [-0.25, -0.2) is 19.2 Å². The number of fused-ring (bicyclic) bond motifs is 2. The number of carbonyl (C=O) groups is 2. The number of pyridine rings is 2. The Labute approximate surface area is 195 Å². The number of benzene rings is 1. The number of nitrogens with one attached hydrogen (secondary N) is 1. The minimum absolute atomic E-state index is 0.261. The molecule has 2 amide bonds. The first-order valence-corrected chi connectivity index (χ1v) is 10.8. The Hall–Kier alpha value is -4.27. The monoisotopic (exact) mass is 459 g/mol. The molecular formula is C25H22FN5O3. The second kappa shape index (κ2) is 8.58. The van der Waals surface area contributed by atoms with Crippen LogP contribution in [-0.4, -0.2) is 40.0 Å². The van der Waals surface area contributed by atoms with E-state index in [1.165, 1.54) is 12.0 Å². The maximum atomic E-state index is 15.0. The van der Waals surface area contributed by atoms with E-state index in [2.05, 4.69) is 20.0 Å². The van der Waals surface area contributed by atoms with E-state index in [-0.39, 0.29) is 11.7 Å². The van der Waals surface area contributed by atoms with Gasteiger partial charge in [0.05, 0.1) is 30.3 Å². The van der Waals surface area contributed by atoms with Gasteiger partial charge in [-0.3, -0.25) is 14.5 Å². The molecule has 0 bridgehead atoms. The van der Waals surface area contributed by atoms with Gasteiger partial charge in [-0.2, -0.15) is 0 Å². The first-order valence-electron chi connectivity index (χ1n) is 10.8. The fourth-order valence-electron chi connectivity index (χ4n) is 4.19. The average molecular weight is 459 g/mol. The molecule has 3 aromatic heterocycles. The lowest BCUT2D eigenvalue weighted by Crippen LogP contribution is -2.36. The third kappa shape index (κ3) is 3.75. The Morgan fingerprint density at radius 2 is 1.94 bits per heavy atom. The standard InChI is InChI=1S/C25H22FN5O3/c1-15-5-6-16-4-3-11-30(23(16)22(15)26)24(32)18-8-10-21-28-13-19(31(21)14-18)17-7-9-20(27-12-17)29-25(33)34-2/h5-10,12-14H,3-4,11H2,1-2H3,(H,27,29,33). The summed E-state index contributed by atoms with van der Waals surface area (Å²) in [6.45, 7) is 2.16. The van der Waals surface area contributed by atoms with Crippen LogP contribution in [0.3, 0.4) is 0 Å². The van der Waals surface area contributed by atoms with Crippen molar-refractivity contribution in [2.45, 2.75) is 19.8 Å². The van der Waals surface area contributed by atoms with E-state index in [0.717, 1.165) is 29.7 Å². The van der Waals surface area contributed by atoms with Gasteiger partial charge in [0.25, 0.3) is 5.91 Å². The number of carbonyl (C=O) groups excluding carboxylic acids is 2. The van der Waals surface area contributed by atoms with Gasteiger partial charge in [0, 0.05) is 24.5 Å². The van der Waals surface area contributed by atoms with Gasteiger partial charge in [-0.1, -0.05) is 12.1 Å². The summed E-state index contributed by atoms with van der Waals surface area (Å²) >= 11 is 0. The van der Waals surface area contributed by atoms with Crippen LogP contribution in [0, 0.1) is 12.7 Å². The molecule has 9 heteroatoms. The number of rotatable bonds is 3. The second-order valence-corrected chi connectivity index (χ2v) is 8.10. The molecule has 4 aromatic rings. The number of imidazole rings is 1. The van der Waals surface area contributed by atoms with Gasteiger partial charge in [0.15, 0.2) is 0 Å². The van der Waals surface area contributed by atoms with Crippen LogP contribution < -0.4 is 10.2 Å². The van der Waals surface area contributed by atoms with Crippen molar-refractivity contribution in [1.29, 1.82) is 0 Å². The van der Waals surface area contributed by atoms with Crippen LogP contribution in [0.4, 0.5) is 20.7 Å². The summed E-state index contributed by atoms with van der Waals surface area (Å²) in [6.07, 6.45) is 5.91. The number of methoxy groups -OCH3 is 1. The molecule has 1 N–H and O–H groups in total. The van der Waals surface area contributed by atoms with Crippen molar-refractivity contribution in [3.05, 3.63) is 77.5 Å². The molecule has 172 valence electrons. The number of anilines is 2. The van der Waals surface area contributed by atoms with Gasteiger partial charge in [-0.05, 0) is 55.2 Å². The molecule has 1 aliphatic heterocycles. The fourth-order valence-corrected chi connectivity index (χ4v) is 4.19. The minimum Gasteiger partial charge on any atom is -0.453 e. The Balaban J connectivity index is 1.49. The third-order valence-corrected chi connectivity index (χ3v) is 5.96. The quantitative estimate of drug-likeness (QED) is 0.483. The number of hydrogen-bond acceptors (Lipinski definition) is 5.